The molecule has 1 aliphatic rings. The summed E-state index contributed by atoms with van der Waals surface area (Å²) in [5.74, 6) is 0.154. The molecule has 7 nitrogen and oxygen atoms in total. The maximum atomic E-state index is 13.3. The molecular formula is C21H22F3N2O5S. The summed E-state index contributed by atoms with van der Waals surface area (Å²) in [4.78, 5) is 11.5. The van der Waals surface area contributed by atoms with E-state index in [1.54, 1.807) is 20.8 Å². The van der Waals surface area contributed by atoms with Crippen molar-refractivity contribution >= 4 is 27.5 Å². The Morgan fingerprint density at radius 3 is 2.50 bits per heavy atom. The Labute approximate surface area is 184 Å². The van der Waals surface area contributed by atoms with Crippen LogP contribution in [0.4, 0.5) is 29.3 Å². The van der Waals surface area contributed by atoms with Gasteiger partial charge in [0, 0.05) is 5.69 Å². The summed E-state index contributed by atoms with van der Waals surface area (Å²) in [5, 5.41) is 2.50. The maximum absolute atomic E-state index is 13.3. The van der Waals surface area contributed by atoms with Gasteiger partial charge in [-0.2, -0.15) is 13.2 Å². The largest absolute Gasteiger partial charge is 0.486 e. The van der Waals surface area contributed by atoms with Crippen molar-refractivity contribution < 1.29 is 35.9 Å². The van der Waals surface area contributed by atoms with Crippen LogP contribution in [0.5, 0.6) is 5.75 Å². The second-order valence-electron chi connectivity index (χ2n) is 8.11. The first-order valence-corrected chi connectivity index (χ1v) is 10.9. The molecule has 173 valence electrons. The average molecular weight is 471 g/mol. The van der Waals surface area contributed by atoms with Gasteiger partial charge in [-0.3, -0.25) is 9.62 Å². The van der Waals surface area contributed by atoms with Crippen LogP contribution in [0.25, 0.3) is 0 Å². The van der Waals surface area contributed by atoms with Gasteiger partial charge in [0.25, 0.3) is 10.0 Å². The van der Waals surface area contributed by atoms with E-state index in [1.165, 1.54) is 18.2 Å². The number of sulfonamides is 1. The number of nitrogens with zero attached hydrogens (tertiary/aromatic N) is 1. The third-order valence-corrected chi connectivity index (χ3v) is 6.06. The van der Waals surface area contributed by atoms with Crippen molar-refractivity contribution in [2.24, 2.45) is 0 Å². The molecule has 0 saturated carbocycles. The smallest absolute Gasteiger partial charge is 0.416 e. The molecule has 1 heterocycles. The number of ether oxygens (including phenoxy) is 2. The highest BCUT2D eigenvalue weighted by Crippen LogP contribution is 2.39. The van der Waals surface area contributed by atoms with E-state index >= 15 is 0 Å². The van der Waals surface area contributed by atoms with Gasteiger partial charge in [-0.05, 0) is 64.1 Å². The number of hydrogen-bond acceptors (Lipinski definition) is 5. The predicted molar refractivity (Wildman–Crippen MR) is 112 cm³/mol. The lowest BCUT2D eigenvalue weighted by Crippen LogP contribution is -2.42. The zero-order chi connectivity index (χ0) is 23.9. The number of amides is 1. The van der Waals surface area contributed by atoms with Crippen molar-refractivity contribution in [2.45, 2.75) is 43.5 Å². The Morgan fingerprint density at radius 1 is 1.19 bits per heavy atom. The molecule has 1 N–H and O–H groups in total. The Bertz CT molecular complexity index is 1130. The molecule has 0 aliphatic carbocycles. The van der Waals surface area contributed by atoms with Gasteiger partial charge in [-0.15, -0.1) is 0 Å². The van der Waals surface area contributed by atoms with Crippen LogP contribution in [0.3, 0.4) is 0 Å². The van der Waals surface area contributed by atoms with E-state index < -0.39 is 44.5 Å². The number of carbonyl (C=O) groups is 1. The first-order chi connectivity index (χ1) is 14.7. The van der Waals surface area contributed by atoms with Crippen molar-refractivity contribution in [1.29, 1.82) is 0 Å². The number of nitrogens with one attached hydrogen (secondary N) is 1. The van der Waals surface area contributed by atoms with E-state index in [-0.39, 0.29) is 23.7 Å². The first-order valence-electron chi connectivity index (χ1n) is 9.50. The van der Waals surface area contributed by atoms with Gasteiger partial charge >= 0.3 is 12.3 Å². The van der Waals surface area contributed by atoms with E-state index in [1.807, 2.05) is 0 Å². The Kier molecular flexibility index (Phi) is 6.07. The van der Waals surface area contributed by atoms with Crippen LogP contribution in [-0.2, 0) is 20.9 Å². The summed E-state index contributed by atoms with van der Waals surface area (Å²) < 4.78 is 77.5. The summed E-state index contributed by atoms with van der Waals surface area (Å²) in [6.07, 6.45) is -6.25. The molecule has 3 rings (SSSR count). The minimum atomic E-state index is -4.70. The minimum Gasteiger partial charge on any atom is -0.486 e. The highest BCUT2D eigenvalue weighted by Gasteiger charge is 2.36. The van der Waals surface area contributed by atoms with Gasteiger partial charge in [0.15, 0.2) is 0 Å². The van der Waals surface area contributed by atoms with Crippen LogP contribution in [-0.4, -0.2) is 32.8 Å². The molecule has 0 unspecified atom stereocenters. The second-order valence-corrected chi connectivity index (χ2v) is 9.97. The van der Waals surface area contributed by atoms with Crippen molar-refractivity contribution in [3.63, 3.8) is 0 Å². The van der Waals surface area contributed by atoms with Gasteiger partial charge in [-0.1, -0.05) is 6.07 Å². The molecule has 1 atom stereocenters. The first kappa shape index (κ1) is 23.7. The number of anilines is 2. The zero-order valence-corrected chi connectivity index (χ0v) is 18.4. The molecule has 0 bridgehead atoms. The fourth-order valence-electron chi connectivity index (χ4n) is 3.00. The summed E-state index contributed by atoms with van der Waals surface area (Å²) in [7, 11) is -4.40. The third-order valence-electron chi connectivity index (χ3n) is 4.29. The lowest BCUT2D eigenvalue weighted by molar-refractivity contribution is -0.137. The van der Waals surface area contributed by atoms with E-state index in [0.29, 0.717) is 6.07 Å². The van der Waals surface area contributed by atoms with Crippen molar-refractivity contribution in [1.82, 2.24) is 0 Å². The minimum absolute atomic E-state index is 0.0517. The van der Waals surface area contributed by atoms with Crippen molar-refractivity contribution in [3.8, 4) is 5.75 Å². The summed E-state index contributed by atoms with van der Waals surface area (Å²) in [5.41, 5.74) is -1.57. The van der Waals surface area contributed by atoms with Crippen molar-refractivity contribution in [2.75, 3.05) is 16.2 Å². The molecule has 11 heteroatoms. The quantitative estimate of drug-likeness (QED) is 0.692. The molecule has 1 aliphatic heterocycles. The topological polar surface area (TPSA) is 84.9 Å². The SMILES string of the molecule is [CH2][C@@H]1CN(S(=O)(=O)c2cccc(C(F)(F)F)c2)c2cc(NC(=O)OC(C)(C)C)ccc2O1. The zero-order valence-electron chi connectivity index (χ0n) is 17.6. The molecule has 2 aromatic carbocycles. The fourth-order valence-corrected chi connectivity index (χ4v) is 4.54. The molecule has 32 heavy (non-hydrogen) atoms. The normalized spacial score (nSPS) is 16.7. The highest BCUT2D eigenvalue weighted by atomic mass is 32.2. The van der Waals surface area contributed by atoms with Crippen LogP contribution in [0.15, 0.2) is 47.4 Å². The average Bonchev–Trinajstić information content (AvgIpc) is 2.65. The van der Waals surface area contributed by atoms with Crippen LogP contribution < -0.4 is 14.4 Å². The van der Waals surface area contributed by atoms with Crippen LogP contribution in [0.2, 0.25) is 0 Å². The Morgan fingerprint density at radius 2 is 1.88 bits per heavy atom. The molecule has 0 fully saturated rings. The highest BCUT2D eigenvalue weighted by molar-refractivity contribution is 7.92. The van der Waals surface area contributed by atoms with Gasteiger partial charge < -0.3 is 9.47 Å². The number of fused-ring (bicyclic) bond motifs is 1. The number of rotatable bonds is 3. The predicted octanol–water partition coefficient (Wildman–Crippen LogP) is 4.84. The van der Waals surface area contributed by atoms with Gasteiger partial charge in [0.05, 0.1) is 22.7 Å². The lowest BCUT2D eigenvalue weighted by Gasteiger charge is -2.34. The van der Waals surface area contributed by atoms with Gasteiger partial charge in [0.1, 0.15) is 17.5 Å². The van der Waals surface area contributed by atoms with Gasteiger partial charge in [0.2, 0.25) is 0 Å². The van der Waals surface area contributed by atoms with E-state index in [2.05, 4.69) is 12.2 Å². The number of benzene rings is 2. The maximum Gasteiger partial charge on any atom is 0.416 e. The molecule has 2 aromatic rings. The van der Waals surface area contributed by atoms with Crippen LogP contribution in [0.1, 0.15) is 26.3 Å². The Balaban J connectivity index is 2.00. The Hall–Kier alpha value is -2.95. The summed E-state index contributed by atoms with van der Waals surface area (Å²) in [6, 6.07) is 7.74. The number of alkyl halides is 3. The van der Waals surface area contributed by atoms with E-state index in [0.717, 1.165) is 22.5 Å². The fraction of sp³-hybridized carbons (Fsp3) is 0.333. The molecule has 0 saturated heterocycles. The van der Waals surface area contributed by atoms with Crippen LogP contribution in [0, 0.1) is 6.92 Å². The second kappa shape index (κ2) is 8.19. The molecule has 1 amide bonds. The summed E-state index contributed by atoms with van der Waals surface area (Å²) in [6.45, 7) is 8.55. The summed E-state index contributed by atoms with van der Waals surface area (Å²) >= 11 is 0. The molecule has 1 radical (unpaired) electrons. The number of hydrogen-bond donors (Lipinski definition) is 1. The molecule has 0 aromatic heterocycles. The molecule has 0 spiro atoms. The third kappa shape index (κ3) is 5.26. The van der Waals surface area contributed by atoms with E-state index in [9.17, 15) is 26.4 Å². The van der Waals surface area contributed by atoms with Crippen molar-refractivity contribution in [3.05, 3.63) is 55.0 Å². The lowest BCUT2D eigenvalue weighted by atomic mass is 10.2. The van der Waals surface area contributed by atoms with Gasteiger partial charge in [-0.25, -0.2) is 13.2 Å². The monoisotopic (exact) mass is 471 g/mol. The number of halogens is 3. The van der Waals surface area contributed by atoms with Crippen LogP contribution >= 0.6 is 0 Å². The number of carbonyl (C=O) groups excluding carboxylic acids is 1. The standard InChI is InChI=1S/C21H22F3N2O5S/c1-13-12-26(32(28,29)16-7-5-6-14(10-16)21(22,23)24)17-11-15(8-9-18(17)30-13)25-19(27)31-20(2,3)4/h5-11,13H,1,12H2,2-4H3,(H,25,27)/t13-/m1/s1. The van der Waals surface area contributed by atoms with E-state index in [4.69, 9.17) is 9.47 Å². The molecular weight excluding hydrogens is 449 g/mol.